The zero-order valence-electron chi connectivity index (χ0n) is 24.5. The van der Waals surface area contributed by atoms with Crippen LogP contribution in [0.5, 0.6) is 5.75 Å². The largest absolute Gasteiger partial charge is 0.497 e. The highest BCUT2D eigenvalue weighted by atomic mass is 35.5. The van der Waals surface area contributed by atoms with Gasteiger partial charge in [0.05, 0.1) is 18.6 Å². The molecule has 220 valence electrons. The van der Waals surface area contributed by atoms with Crippen molar-refractivity contribution in [1.29, 1.82) is 0 Å². The second-order valence-electron chi connectivity index (χ2n) is 10.9. The highest BCUT2D eigenvalue weighted by Gasteiger charge is 2.29. The number of carbonyl (C=O) groups excluding carboxylic acids is 1. The maximum Gasteiger partial charge on any atom is 0.248 e. The molecule has 2 aromatic carbocycles. The lowest BCUT2D eigenvalue weighted by Gasteiger charge is -2.25. The van der Waals surface area contributed by atoms with Gasteiger partial charge in [0.25, 0.3) is 0 Å². The van der Waals surface area contributed by atoms with Crippen LogP contribution in [-0.4, -0.2) is 97.4 Å². The Hall–Kier alpha value is -2.17. The van der Waals surface area contributed by atoms with Crippen molar-refractivity contribution in [2.45, 2.75) is 50.6 Å². The van der Waals surface area contributed by atoms with E-state index in [4.69, 9.17) is 21.1 Å². The van der Waals surface area contributed by atoms with E-state index in [0.717, 1.165) is 46.1 Å². The fraction of sp³-hybridized carbons (Fsp3) is 0.567. The summed E-state index contributed by atoms with van der Waals surface area (Å²) in [4.78, 5) is 20.2. The average Bonchev–Trinajstić information content (AvgIpc) is 3.64. The summed E-state index contributed by atoms with van der Waals surface area (Å²) in [6.45, 7) is 9.50. The van der Waals surface area contributed by atoms with Crippen molar-refractivity contribution in [3.63, 3.8) is 0 Å². The highest BCUT2D eigenvalue weighted by Crippen LogP contribution is 2.29. The number of ether oxygens (including phenoxy) is 2. The highest BCUT2D eigenvalue weighted by molar-refractivity contribution is 7.82. The molecule has 0 spiro atoms. The van der Waals surface area contributed by atoms with Crippen molar-refractivity contribution >= 4 is 34.2 Å². The number of aryl methyl sites for hydroxylation is 2. The molecule has 2 fully saturated rings. The van der Waals surface area contributed by atoms with E-state index in [2.05, 4.69) is 15.9 Å². The summed E-state index contributed by atoms with van der Waals surface area (Å²) in [6.07, 6.45) is 3.83. The first kappa shape index (κ1) is 30.8. The lowest BCUT2D eigenvalue weighted by Crippen LogP contribution is -2.35. The molecule has 0 radical (unpaired) electrons. The van der Waals surface area contributed by atoms with E-state index >= 15 is 0 Å². The molecule has 0 aliphatic carbocycles. The SMILES string of the molecule is COc1cc(C)c(S(=O)N(C)CCOCC(=O)N(C)Cc2ccc(N3CCC(N4CCCC4)C3)cc2Cl)c(C)c1. The Morgan fingerprint density at radius 3 is 2.45 bits per heavy atom. The molecule has 0 bridgehead atoms. The second-order valence-corrected chi connectivity index (χ2v) is 12.8. The van der Waals surface area contributed by atoms with Crippen LogP contribution in [0.15, 0.2) is 35.2 Å². The van der Waals surface area contributed by atoms with E-state index < -0.39 is 11.0 Å². The maximum atomic E-state index is 13.1. The Balaban J connectivity index is 1.21. The summed E-state index contributed by atoms with van der Waals surface area (Å²) in [6, 6.07) is 10.6. The number of likely N-dealkylation sites (N-methyl/N-ethyl adjacent to an activating group) is 2. The minimum absolute atomic E-state index is 0.0427. The van der Waals surface area contributed by atoms with Crippen LogP contribution >= 0.6 is 11.6 Å². The van der Waals surface area contributed by atoms with Gasteiger partial charge in [0.15, 0.2) is 0 Å². The molecule has 40 heavy (non-hydrogen) atoms. The third-order valence-corrected chi connectivity index (χ3v) is 10.1. The zero-order chi connectivity index (χ0) is 28.8. The van der Waals surface area contributed by atoms with Gasteiger partial charge < -0.3 is 19.3 Å². The molecule has 0 N–H and O–H groups in total. The summed E-state index contributed by atoms with van der Waals surface area (Å²) in [7, 11) is 3.83. The monoisotopic (exact) mass is 590 g/mol. The van der Waals surface area contributed by atoms with E-state index in [0.29, 0.717) is 30.8 Å². The Morgan fingerprint density at radius 1 is 1.10 bits per heavy atom. The molecule has 1 amide bonds. The first-order valence-corrected chi connectivity index (χ1v) is 15.5. The smallest absolute Gasteiger partial charge is 0.248 e. The van der Waals surface area contributed by atoms with Gasteiger partial charge in [-0.2, -0.15) is 0 Å². The molecule has 2 aliphatic heterocycles. The lowest BCUT2D eigenvalue weighted by atomic mass is 10.1. The molecule has 0 aromatic heterocycles. The van der Waals surface area contributed by atoms with Crippen LogP contribution < -0.4 is 9.64 Å². The average molecular weight is 591 g/mol. The molecule has 8 nitrogen and oxygen atoms in total. The van der Waals surface area contributed by atoms with Gasteiger partial charge >= 0.3 is 0 Å². The summed E-state index contributed by atoms with van der Waals surface area (Å²) < 4.78 is 25.8. The Bertz CT molecular complexity index is 1180. The fourth-order valence-electron chi connectivity index (χ4n) is 5.59. The number of carbonyl (C=O) groups is 1. The van der Waals surface area contributed by atoms with Crippen molar-refractivity contribution < 1.29 is 18.5 Å². The molecule has 2 saturated heterocycles. The molecule has 2 heterocycles. The van der Waals surface area contributed by atoms with Gasteiger partial charge in [-0.15, -0.1) is 0 Å². The molecule has 0 saturated carbocycles. The van der Waals surface area contributed by atoms with Crippen LogP contribution in [0.1, 0.15) is 36.0 Å². The van der Waals surface area contributed by atoms with Gasteiger partial charge in [0.2, 0.25) is 5.91 Å². The minimum Gasteiger partial charge on any atom is -0.497 e. The quantitative estimate of drug-likeness (QED) is 0.344. The van der Waals surface area contributed by atoms with Gasteiger partial charge in [0.1, 0.15) is 23.3 Å². The zero-order valence-corrected chi connectivity index (χ0v) is 26.0. The molecule has 2 aliphatic rings. The predicted molar refractivity (Wildman–Crippen MR) is 162 cm³/mol. The van der Waals surface area contributed by atoms with Crippen LogP contribution in [0.3, 0.4) is 0 Å². The number of hydrogen-bond donors (Lipinski definition) is 0. The second kappa shape index (κ2) is 14.1. The van der Waals surface area contributed by atoms with Crippen molar-refractivity contribution in [2.75, 3.05) is 72.0 Å². The Morgan fingerprint density at radius 2 is 1.80 bits per heavy atom. The van der Waals surface area contributed by atoms with Crippen molar-refractivity contribution in [3.8, 4) is 5.75 Å². The van der Waals surface area contributed by atoms with Crippen molar-refractivity contribution in [2.24, 2.45) is 0 Å². The van der Waals surface area contributed by atoms with Gasteiger partial charge in [-0.1, -0.05) is 17.7 Å². The summed E-state index contributed by atoms with van der Waals surface area (Å²) >= 11 is 6.65. The van der Waals surface area contributed by atoms with Crippen molar-refractivity contribution in [3.05, 3.63) is 52.0 Å². The van der Waals surface area contributed by atoms with Crippen LogP contribution in [0.4, 0.5) is 5.69 Å². The number of halogens is 1. The number of amides is 1. The number of methoxy groups -OCH3 is 1. The minimum atomic E-state index is -1.34. The third kappa shape index (κ3) is 7.56. The normalized spacial score (nSPS) is 18.5. The lowest BCUT2D eigenvalue weighted by molar-refractivity contribution is -0.135. The molecule has 4 rings (SSSR count). The number of hydrogen-bond acceptors (Lipinski definition) is 6. The van der Waals surface area contributed by atoms with E-state index in [1.165, 1.54) is 32.4 Å². The summed E-state index contributed by atoms with van der Waals surface area (Å²) in [5.74, 6) is 0.623. The number of rotatable bonds is 12. The fourth-order valence-corrected chi connectivity index (χ4v) is 7.05. The number of anilines is 1. The molecule has 2 unspecified atom stereocenters. The van der Waals surface area contributed by atoms with Crippen LogP contribution in [-0.2, 0) is 27.1 Å². The number of likely N-dealkylation sites (tertiary alicyclic amines) is 1. The van der Waals surface area contributed by atoms with Crippen molar-refractivity contribution in [1.82, 2.24) is 14.1 Å². The molecule has 2 atom stereocenters. The van der Waals surface area contributed by atoms with E-state index in [-0.39, 0.29) is 12.5 Å². The van der Waals surface area contributed by atoms with Gasteiger partial charge in [-0.3, -0.25) is 9.69 Å². The number of nitrogens with zero attached hydrogens (tertiary/aromatic N) is 4. The molecular formula is C30H43ClN4O4S. The van der Waals surface area contributed by atoms with Gasteiger partial charge in [-0.05, 0) is 87.2 Å². The Labute approximate surface area is 246 Å². The van der Waals surface area contributed by atoms with Crippen LogP contribution in [0.25, 0.3) is 0 Å². The van der Waals surface area contributed by atoms with Gasteiger partial charge in [-0.25, -0.2) is 8.51 Å². The topological polar surface area (TPSA) is 65.6 Å². The molecular weight excluding hydrogens is 548 g/mol. The van der Waals surface area contributed by atoms with E-state index in [1.54, 1.807) is 30.4 Å². The van der Waals surface area contributed by atoms with E-state index in [1.807, 2.05) is 38.1 Å². The molecule has 10 heteroatoms. The summed E-state index contributed by atoms with van der Waals surface area (Å²) in [5, 5.41) is 0.677. The van der Waals surface area contributed by atoms with E-state index in [9.17, 15) is 9.00 Å². The first-order valence-electron chi connectivity index (χ1n) is 14.0. The maximum absolute atomic E-state index is 13.1. The third-order valence-electron chi connectivity index (χ3n) is 7.96. The standard InChI is InChI=1S/C30H43ClN4O4S/c1-22-16-27(38-5)17-23(2)30(22)40(37)33(4)14-15-39-21-29(36)32(3)19-24-8-9-25(18-28(24)31)35-13-10-26(20-35)34-11-6-7-12-34/h8-9,16-18,26H,6-7,10-15,19-21H2,1-5H3. The predicted octanol–water partition coefficient (Wildman–Crippen LogP) is 4.27. The van der Waals surface area contributed by atoms with Crippen LogP contribution in [0.2, 0.25) is 5.02 Å². The van der Waals surface area contributed by atoms with Gasteiger partial charge in [0, 0.05) is 57.0 Å². The van der Waals surface area contributed by atoms with Crippen LogP contribution in [0, 0.1) is 13.8 Å². The molecule has 2 aromatic rings. The number of benzene rings is 2. The summed E-state index contributed by atoms with van der Waals surface area (Å²) in [5.41, 5.74) is 3.89. The Kier molecular flexibility index (Phi) is 10.9. The first-order chi connectivity index (χ1) is 19.2.